The summed E-state index contributed by atoms with van der Waals surface area (Å²) in [5, 5.41) is 5.98. The number of hydrogen-bond donors (Lipinski definition) is 2. The lowest BCUT2D eigenvalue weighted by molar-refractivity contribution is -0.119. The van der Waals surface area contributed by atoms with Gasteiger partial charge in [0.1, 0.15) is 0 Å². The van der Waals surface area contributed by atoms with Crippen LogP contribution in [0.15, 0.2) is 22.7 Å². The molecule has 0 heterocycles. The fourth-order valence-electron chi connectivity index (χ4n) is 1.64. The first-order chi connectivity index (χ1) is 8.08. The molecule has 0 aliphatic carbocycles. The van der Waals surface area contributed by atoms with Crippen molar-refractivity contribution in [3.05, 3.63) is 28.2 Å². The zero-order chi connectivity index (χ0) is 12.8. The van der Waals surface area contributed by atoms with E-state index < -0.39 is 0 Å². The van der Waals surface area contributed by atoms with Gasteiger partial charge >= 0.3 is 0 Å². The van der Waals surface area contributed by atoms with Crippen molar-refractivity contribution in [2.45, 2.75) is 20.3 Å². The minimum atomic E-state index is 0.0175. The average molecular weight is 299 g/mol. The molecule has 0 bridgehead atoms. The predicted molar refractivity (Wildman–Crippen MR) is 75.2 cm³/mol. The van der Waals surface area contributed by atoms with Crippen LogP contribution in [0.25, 0.3) is 0 Å². The summed E-state index contributed by atoms with van der Waals surface area (Å²) in [4.78, 5) is 12.0. The Morgan fingerprint density at radius 1 is 1.47 bits per heavy atom. The van der Waals surface area contributed by atoms with Gasteiger partial charge in [-0.3, -0.25) is 4.79 Å². The first-order valence-electron chi connectivity index (χ1n) is 5.80. The van der Waals surface area contributed by atoms with Gasteiger partial charge in [0.15, 0.2) is 0 Å². The predicted octanol–water partition coefficient (Wildman–Crippen LogP) is 2.94. The van der Waals surface area contributed by atoms with E-state index in [1.54, 1.807) is 0 Å². The Morgan fingerprint density at radius 2 is 2.18 bits per heavy atom. The highest BCUT2D eigenvalue weighted by Gasteiger charge is 2.15. The van der Waals surface area contributed by atoms with Gasteiger partial charge in [0.25, 0.3) is 0 Å². The van der Waals surface area contributed by atoms with Crippen LogP contribution in [0.1, 0.15) is 18.9 Å². The van der Waals surface area contributed by atoms with Crippen LogP contribution in [-0.2, 0) is 4.79 Å². The maximum Gasteiger partial charge on any atom is 0.228 e. The number of nitrogens with one attached hydrogen (secondary N) is 2. The molecular formula is C13H19BrN2O. The van der Waals surface area contributed by atoms with Crippen molar-refractivity contribution in [2.24, 2.45) is 5.92 Å². The minimum Gasteiger partial charge on any atom is -0.326 e. The number of aryl methyl sites for hydroxylation is 1. The molecule has 1 aromatic rings. The van der Waals surface area contributed by atoms with Crippen molar-refractivity contribution in [3.63, 3.8) is 0 Å². The molecule has 0 aromatic heterocycles. The number of benzene rings is 1. The van der Waals surface area contributed by atoms with Gasteiger partial charge in [0.2, 0.25) is 5.91 Å². The van der Waals surface area contributed by atoms with Crippen molar-refractivity contribution in [1.82, 2.24) is 5.32 Å². The summed E-state index contributed by atoms with van der Waals surface area (Å²) < 4.78 is 1.05. The quantitative estimate of drug-likeness (QED) is 0.877. The molecule has 0 saturated heterocycles. The van der Waals surface area contributed by atoms with Gasteiger partial charge in [0, 0.05) is 16.7 Å². The van der Waals surface area contributed by atoms with E-state index in [1.165, 1.54) is 0 Å². The molecule has 0 saturated carbocycles. The lowest BCUT2D eigenvalue weighted by Crippen LogP contribution is -2.30. The molecule has 0 radical (unpaired) electrons. The normalized spacial score (nSPS) is 12.2. The number of hydrogen-bond acceptors (Lipinski definition) is 2. The van der Waals surface area contributed by atoms with Crippen molar-refractivity contribution in [3.8, 4) is 0 Å². The van der Waals surface area contributed by atoms with Crippen molar-refractivity contribution >= 4 is 27.5 Å². The first-order valence-corrected chi connectivity index (χ1v) is 6.59. The van der Waals surface area contributed by atoms with Gasteiger partial charge in [-0.05, 0) is 44.2 Å². The standard InChI is InChI=1S/C13H19BrN2O/c1-4-10(8-15-3)13(17)16-11-5-6-12(14)9(2)7-11/h5-7,10,15H,4,8H2,1-3H3,(H,16,17). The minimum absolute atomic E-state index is 0.0175. The summed E-state index contributed by atoms with van der Waals surface area (Å²) in [6.07, 6.45) is 0.835. The molecule has 17 heavy (non-hydrogen) atoms. The molecule has 2 N–H and O–H groups in total. The second kappa shape index (κ2) is 6.77. The fraction of sp³-hybridized carbons (Fsp3) is 0.462. The largest absolute Gasteiger partial charge is 0.326 e. The summed E-state index contributed by atoms with van der Waals surface area (Å²) in [5.41, 5.74) is 1.97. The van der Waals surface area contributed by atoms with Crippen LogP contribution in [0.4, 0.5) is 5.69 Å². The van der Waals surface area contributed by atoms with E-state index in [1.807, 2.05) is 39.1 Å². The third kappa shape index (κ3) is 4.13. The molecule has 0 fully saturated rings. The lowest BCUT2D eigenvalue weighted by Gasteiger charge is -2.14. The van der Waals surface area contributed by atoms with Gasteiger partial charge in [-0.25, -0.2) is 0 Å². The van der Waals surface area contributed by atoms with E-state index in [-0.39, 0.29) is 11.8 Å². The molecule has 3 nitrogen and oxygen atoms in total. The van der Waals surface area contributed by atoms with Crippen LogP contribution in [-0.4, -0.2) is 19.5 Å². The lowest BCUT2D eigenvalue weighted by atomic mass is 10.1. The average Bonchev–Trinajstić information content (AvgIpc) is 2.30. The summed E-state index contributed by atoms with van der Waals surface area (Å²) in [7, 11) is 1.86. The zero-order valence-corrected chi connectivity index (χ0v) is 12.1. The number of carbonyl (C=O) groups is 1. The number of anilines is 1. The maximum atomic E-state index is 12.0. The highest BCUT2D eigenvalue weighted by Crippen LogP contribution is 2.20. The number of rotatable bonds is 5. The summed E-state index contributed by atoms with van der Waals surface area (Å²) in [5.74, 6) is 0.0903. The molecule has 0 aliphatic rings. The second-order valence-corrected chi connectivity index (χ2v) is 4.97. The Balaban J connectivity index is 2.69. The molecule has 1 unspecified atom stereocenters. The summed E-state index contributed by atoms with van der Waals surface area (Å²) in [6, 6.07) is 5.82. The van der Waals surface area contributed by atoms with Gasteiger partial charge < -0.3 is 10.6 Å². The molecule has 0 aliphatic heterocycles. The van der Waals surface area contributed by atoms with Crippen LogP contribution in [0.5, 0.6) is 0 Å². The monoisotopic (exact) mass is 298 g/mol. The van der Waals surface area contributed by atoms with E-state index in [4.69, 9.17) is 0 Å². The highest BCUT2D eigenvalue weighted by molar-refractivity contribution is 9.10. The Kier molecular flexibility index (Phi) is 5.65. The Bertz CT molecular complexity index is 393. The Morgan fingerprint density at radius 3 is 2.71 bits per heavy atom. The Hall–Kier alpha value is -0.870. The molecule has 0 spiro atoms. The van der Waals surface area contributed by atoms with Crippen LogP contribution < -0.4 is 10.6 Å². The smallest absolute Gasteiger partial charge is 0.228 e. The fourth-order valence-corrected chi connectivity index (χ4v) is 1.88. The van der Waals surface area contributed by atoms with Crippen molar-refractivity contribution in [2.75, 3.05) is 18.9 Å². The van der Waals surface area contributed by atoms with E-state index >= 15 is 0 Å². The van der Waals surface area contributed by atoms with Gasteiger partial charge in [0.05, 0.1) is 5.92 Å². The van der Waals surface area contributed by atoms with Gasteiger partial charge in [-0.1, -0.05) is 22.9 Å². The first kappa shape index (κ1) is 14.2. The number of carbonyl (C=O) groups excluding carboxylic acids is 1. The van der Waals surface area contributed by atoms with E-state index in [9.17, 15) is 4.79 Å². The van der Waals surface area contributed by atoms with Crippen molar-refractivity contribution in [1.29, 1.82) is 0 Å². The van der Waals surface area contributed by atoms with Crippen LogP contribution >= 0.6 is 15.9 Å². The van der Waals surface area contributed by atoms with Gasteiger partial charge in [-0.15, -0.1) is 0 Å². The topological polar surface area (TPSA) is 41.1 Å². The number of halogens is 1. The van der Waals surface area contributed by atoms with Gasteiger partial charge in [-0.2, -0.15) is 0 Å². The molecule has 1 rings (SSSR count). The van der Waals surface area contributed by atoms with Crippen LogP contribution in [0.2, 0.25) is 0 Å². The maximum absolute atomic E-state index is 12.0. The molecule has 1 atom stereocenters. The SMILES string of the molecule is CCC(CNC)C(=O)Nc1ccc(Br)c(C)c1. The van der Waals surface area contributed by atoms with Crippen molar-refractivity contribution < 1.29 is 4.79 Å². The molecule has 94 valence electrons. The molecule has 1 aromatic carbocycles. The molecular weight excluding hydrogens is 280 g/mol. The molecule has 1 amide bonds. The van der Waals surface area contributed by atoms with E-state index in [2.05, 4.69) is 26.6 Å². The van der Waals surface area contributed by atoms with Crippen LogP contribution in [0.3, 0.4) is 0 Å². The summed E-state index contributed by atoms with van der Waals surface area (Å²) in [6.45, 7) is 4.73. The van der Waals surface area contributed by atoms with E-state index in [0.29, 0.717) is 6.54 Å². The third-order valence-electron chi connectivity index (χ3n) is 2.74. The van der Waals surface area contributed by atoms with E-state index in [0.717, 1.165) is 22.1 Å². The Labute approximate surface area is 111 Å². The third-order valence-corrected chi connectivity index (χ3v) is 3.63. The van der Waals surface area contributed by atoms with Crippen LogP contribution in [0, 0.1) is 12.8 Å². The highest BCUT2D eigenvalue weighted by atomic mass is 79.9. The number of amides is 1. The summed E-state index contributed by atoms with van der Waals surface area (Å²) >= 11 is 3.44. The second-order valence-electron chi connectivity index (χ2n) is 4.12. The molecule has 4 heteroatoms. The zero-order valence-electron chi connectivity index (χ0n) is 10.5.